The second-order valence-corrected chi connectivity index (χ2v) is 7.95. The van der Waals surface area contributed by atoms with E-state index in [-0.39, 0.29) is 35.3 Å². The van der Waals surface area contributed by atoms with Crippen LogP contribution in [0.2, 0.25) is 0 Å². The van der Waals surface area contributed by atoms with Crippen LogP contribution in [0, 0.1) is 17.3 Å². The predicted octanol–water partition coefficient (Wildman–Crippen LogP) is 3.24. The molecule has 3 N–H and O–H groups in total. The zero-order valence-electron chi connectivity index (χ0n) is 18.6. The summed E-state index contributed by atoms with van der Waals surface area (Å²) in [5, 5.41) is 15.8. The lowest BCUT2D eigenvalue weighted by molar-refractivity contribution is -0.159. The quantitative estimate of drug-likeness (QED) is 0.348. The first-order valence-corrected chi connectivity index (χ1v) is 10.2. The zero-order valence-corrected chi connectivity index (χ0v) is 18.6. The molecule has 0 rings (SSSR count). The first-order chi connectivity index (χ1) is 13.0. The van der Waals surface area contributed by atoms with Crippen molar-refractivity contribution >= 4 is 17.7 Å². The van der Waals surface area contributed by atoms with Crippen molar-refractivity contribution < 1.29 is 19.6 Å². The molecule has 0 radical (unpaired) electrons. The molecule has 0 saturated heterocycles. The second kappa shape index (κ2) is 11.8. The van der Waals surface area contributed by atoms with Crippen molar-refractivity contribution in [3.63, 3.8) is 0 Å². The Morgan fingerprint density at radius 3 is 1.93 bits per heavy atom. The summed E-state index contributed by atoms with van der Waals surface area (Å²) in [6.07, 6.45) is 2.55. The SMILES string of the molecule is C=C(C)N(O)C(=O)C[C@@H](CC(C)C)C(=O)NC(C(=O)NC)C(CC)(CC)CC. The lowest BCUT2D eigenvalue weighted by Gasteiger charge is -2.39. The molecule has 2 atom stereocenters. The van der Waals surface area contributed by atoms with Gasteiger partial charge in [-0.3, -0.25) is 19.6 Å². The van der Waals surface area contributed by atoms with Crippen LogP contribution in [0.5, 0.6) is 0 Å². The fourth-order valence-electron chi connectivity index (χ4n) is 3.63. The normalized spacial score (nSPS) is 13.6. The van der Waals surface area contributed by atoms with Gasteiger partial charge in [0.05, 0.1) is 0 Å². The summed E-state index contributed by atoms with van der Waals surface area (Å²) in [5.74, 6) is -1.63. The van der Waals surface area contributed by atoms with Crippen LogP contribution >= 0.6 is 0 Å². The van der Waals surface area contributed by atoms with Crippen molar-refractivity contribution in [3.8, 4) is 0 Å². The number of hydroxylamine groups is 2. The maximum atomic E-state index is 13.1. The average molecular weight is 398 g/mol. The Labute approximate surface area is 169 Å². The molecule has 0 aromatic heterocycles. The fraction of sp³-hybridized carbons (Fsp3) is 0.762. The maximum absolute atomic E-state index is 13.1. The van der Waals surface area contributed by atoms with Gasteiger partial charge in [-0.05, 0) is 43.9 Å². The zero-order chi connectivity index (χ0) is 22.1. The van der Waals surface area contributed by atoms with E-state index in [1.54, 1.807) is 7.05 Å². The average Bonchev–Trinajstić information content (AvgIpc) is 2.66. The third-order valence-corrected chi connectivity index (χ3v) is 5.67. The minimum Gasteiger partial charge on any atom is -0.357 e. The molecule has 7 heteroatoms. The Morgan fingerprint density at radius 1 is 1.07 bits per heavy atom. The van der Waals surface area contributed by atoms with Crippen LogP contribution in [-0.2, 0) is 14.4 Å². The minimum absolute atomic E-state index is 0.148. The van der Waals surface area contributed by atoms with Gasteiger partial charge in [-0.2, -0.15) is 5.06 Å². The van der Waals surface area contributed by atoms with E-state index < -0.39 is 17.9 Å². The first-order valence-electron chi connectivity index (χ1n) is 10.2. The van der Waals surface area contributed by atoms with Crippen molar-refractivity contribution in [2.75, 3.05) is 7.05 Å². The van der Waals surface area contributed by atoms with E-state index in [0.29, 0.717) is 11.5 Å². The molecule has 1 unspecified atom stereocenters. The third kappa shape index (κ3) is 6.93. The molecule has 162 valence electrons. The van der Waals surface area contributed by atoms with Gasteiger partial charge in [0.15, 0.2) is 0 Å². The van der Waals surface area contributed by atoms with Crippen LogP contribution in [0.25, 0.3) is 0 Å². The van der Waals surface area contributed by atoms with Gasteiger partial charge < -0.3 is 10.6 Å². The molecule has 7 nitrogen and oxygen atoms in total. The molecular formula is C21H39N3O4. The molecule has 0 aliphatic carbocycles. The van der Waals surface area contributed by atoms with Crippen molar-refractivity contribution in [2.45, 2.75) is 79.7 Å². The first kappa shape index (κ1) is 26.1. The van der Waals surface area contributed by atoms with Crippen LogP contribution < -0.4 is 10.6 Å². The third-order valence-electron chi connectivity index (χ3n) is 5.67. The van der Waals surface area contributed by atoms with Gasteiger partial charge in [-0.1, -0.05) is 41.2 Å². The molecule has 3 amide bonds. The molecule has 0 aromatic carbocycles. The van der Waals surface area contributed by atoms with E-state index in [4.69, 9.17) is 0 Å². The Hall–Kier alpha value is -1.89. The molecule has 0 bridgehead atoms. The number of hydrogen-bond donors (Lipinski definition) is 3. The van der Waals surface area contributed by atoms with Gasteiger partial charge in [0.1, 0.15) is 6.04 Å². The summed E-state index contributed by atoms with van der Waals surface area (Å²) in [6, 6.07) is -0.680. The van der Waals surface area contributed by atoms with E-state index in [1.165, 1.54) is 6.92 Å². The van der Waals surface area contributed by atoms with Gasteiger partial charge in [0.2, 0.25) is 11.8 Å². The minimum atomic E-state index is -0.680. The van der Waals surface area contributed by atoms with E-state index in [9.17, 15) is 19.6 Å². The monoisotopic (exact) mass is 397 g/mol. The fourth-order valence-corrected chi connectivity index (χ4v) is 3.63. The summed E-state index contributed by atoms with van der Waals surface area (Å²) in [5.41, 5.74) is -0.165. The molecule has 0 aromatic rings. The van der Waals surface area contributed by atoms with E-state index in [0.717, 1.165) is 19.3 Å². The number of carbonyl (C=O) groups is 3. The predicted molar refractivity (Wildman–Crippen MR) is 110 cm³/mol. The van der Waals surface area contributed by atoms with Crippen LogP contribution in [-0.4, -0.2) is 41.1 Å². The van der Waals surface area contributed by atoms with Crippen molar-refractivity contribution in [1.82, 2.24) is 15.7 Å². The molecule has 0 fully saturated rings. The Bertz CT molecular complexity index is 548. The Morgan fingerprint density at radius 2 is 1.57 bits per heavy atom. The lowest BCUT2D eigenvalue weighted by atomic mass is 9.72. The number of rotatable bonds is 12. The smallest absolute Gasteiger partial charge is 0.251 e. The molecule has 0 aliphatic rings. The van der Waals surface area contributed by atoms with Crippen molar-refractivity contribution in [2.24, 2.45) is 17.3 Å². The Kier molecular flexibility index (Phi) is 11.0. The van der Waals surface area contributed by atoms with Crippen LogP contribution in [0.3, 0.4) is 0 Å². The number of nitrogens with zero attached hydrogens (tertiary/aromatic N) is 1. The molecular weight excluding hydrogens is 358 g/mol. The Balaban J connectivity index is 5.67. The van der Waals surface area contributed by atoms with Gasteiger partial charge >= 0.3 is 0 Å². The van der Waals surface area contributed by atoms with Gasteiger partial charge in [-0.15, -0.1) is 0 Å². The highest BCUT2D eigenvalue weighted by atomic mass is 16.5. The summed E-state index contributed by atoms with van der Waals surface area (Å²) >= 11 is 0. The molecule has 0 spiro atoms. The van der Waals surface area contributed by atoms with Gasteiger partial charge in [-0.25, -0.2) is 0 Å². The number of likely N-dealkylation sites (N-methyl/N-ethyl adjacent to an activating group) is 1. The van der Waals surface area contributed by atoms with Crippen molar-refractivity contribution in [3.05, 3.63) is 12.3 Å². The summed E-state index contributed by atoms with van der Waals surface area (Å²) in [7, 11) is 1.55. The summed E-state index contributed by atoms with van der Waals surface area (Å²) in [6.45, 7) is 15.0. The number of carbonyl (C=O) groups excluding carboxylic acids is 3. The summed E-state index contributed by atoms with van der Waals surface area (Å²) in [4.78, 5) is 37.9. The standard InChI is InChI=1S/C21H39N3O4/c1-9-21(10-2,11-3)18(20(27)22-8)23-19(26)16(12-14(4)5)13-17(25)24(28)15(6)7/h14,16,18,28H,6,9-13H2,1-5,7-8H3,(H,22,27)(H,23,26)/t16-,18?/m1/s1. The maximum Gasteiger partial charge on any atom is 0.251 e. The second-order valence-electron chi connectivity index (χ2n) is 7.95. The van der Waals surface area contributed by atoms with E-state index >= 15 is 0 Å². The number of hydrogen-bond acceptors (Lipinski definition) is 4. The van der Waals surface area contributed by atoms with Crippen molar-refractivity contribution in [1.29, 1.82) is 0 Å². The lowest BCUT2D eigenvalue weighted by Crippen LogP contribution is -2.56. The molecule has 0 saturated carbocycles. The topological polar surface area (TPSA) is 98.7 Å². The van der Waals surface area contributed by atoms with Crippen LogP contribution in [0.4, 0.5) is 0 Å². The molecule has 0 heterocycles. The molecule has 0 aliphatic heterocycles. The molecule has 28 heavy (non-hydrogen) atoms. The van der Waals surface area contributed by atoms with Gasteiger partial charge in [0.25, 0.3) is 5.91 Å². The van der Waals surface area contributed by atoms with Gasteiger partial charge in [0, 0.05) is 25.1 Å². The summed E-state index contributed by atoms with van der Waals surface area (Å²) < 4.78 is 0. The van der Waals surface area contributed by atoms with E-state index in [1.807, 2.05) is 34.6 Å². The number of allylic oxidation sites excluding steroid dienone is 1. The van der Waals surface area contributed by atoms with E-state index in [2.05, 4.69) is 17.2 Å². The van der Waals surface area contributed by atoms with Crippen LogP contribution in [0.1, 0.15) is 73.6 Å². The number of amides is 3. The van der Waals surface area contributed by atoms with Crippen LogP contribution in [0.15, 0.2) is 12.3 Å². The number of nitrogens with one attached hydrogen (secondary N) is 2. The highest BCUT2D eigenvalue weighted by Gasteiger charge is 2.41. The highest BCUT2D eigenvalue weighted by molar-refractivity contribution is 5.91. The largest absolute Gasteiger partial charge is 0.357 e. The highest BCUT2D eigenvalue weighted by Crippen LogP contribution is 2.35.